The molecule has 0 aromatic carbocycles. The Balaban J connectivity index is 4.18. The van der Waals surface area contributed by atoms with Crippen molar-refractivity contribution in [3.63, 3.8) is 0 Å². The van der Waals surface area contributed by atoms with Gasteiger partial charge in [0.1, 0.15) is 0 Å². The van der Waals surface area contributed by atoms with Crippen molar-refractivity contribution >= 4 is 17.7 Å². The number of nitrogens with two attached hydrogens (primary N) is 1. The van der Waals surface area contributed by atoms with Crippen molar-refractivity contribution in [3.05, 3.63) is 0 Å². The molecule has 17 heavy (non-hydrogen) atoms. The molecule has 0 bridgehead atoms. The minimum atomic E-state index is -0.602. The topological polar surface area (TPSA) is 64.3 Å². The number of carbonyl (C=O) groups excluding carboxylic acids is 1. The zero-order valence-corrected chi connectivity index (χ0v) is 12.2. The van der Waals surface area contributed by atoms with Crippen LogP contribution in [0.15, 0.2) is 0 Å². The zero-order valence-electron chi connectivity index (χ0n) is 11.4. The Morgan fingerprint density at radius 1 is 1.59 bits per heavy atom. The molecule has 0 heterocycles. The molecule has 3 N–H and O–H groups in total. The van der Waals surface area contributed by atoms with Gasteiger partial charge in [0.05, 0.1) is 12.1 Å². The summed E-state index contributed by atoms with van der Waals surface area (Å²) in [5.41, 5.74) is 4.88. The van der Waals surface area contributed by atoms with E-state index >= 15 is 0 Å². The quantitative estimate of drug-likeness (QED) is 0.584. The van der Waals surface area contributed by atoms with Gasteiger partial charge in [-0.25, -0.2) is 0 Å². The summed E-state index contributed by atoms with van der Waals surface area (Å²) in [7, 11) is 1.70. The van der Waals surface area contributed by atoms with Crippen LogP contribution in [0, 0.1) is 0 Å². The molecular weight excluding hydrogens is 236 g/mol. The Morgan fingerprint density at radius 3 is 2.71 bits per heavy atom. The summed E-state index contributed by atoms with van der Waals surface area (Å²) >= 11 is 1.81. The van der Waals surface area contributed by atoms with E-state index in [1.54, 1.807) is 18.9 Å². The Bertz CT molecular complexity index is 227. The normalized spacial score (nSPS) is 16.5. The van der Waals surface area contributed by atoms with Crippen LogP contribution in [0.5, 0.6) is 0 Å². The van der Waals surface area contributed by atoms with E-state index in [0.717, 1.165) is 31.7 Å². The number of nitrogens with one attached hydrogen (secondary N) is 1. The Kier molecular flexibility index (Phi) is 8.64. The molecule has 1 amide bonds. The smallest absolute Gasteiger partial charge is 0.237 e. The first kappa shape index (κ1) is 16.7. The average Bonchev–Trinajstić information content (AvgIpc) is 2.26. The van der Waals surface area contributed by atoms with Gasteiger partial charge in [0.25, 0.3) is 0 Å². The second-order valence-electron chi connectivity index (χ2n) is 4.50. The van der Waals surface area contributed by atoms with Crippen LogP contribution in [-0.2, 0) is 9.53 Å². The number of amides is 1. The molecule has 0 rings (SSSR count). The van der Waals surface area contributed by atoms with Crippen LogP contribution in [0.4, 0.5) is 0 Å². The molecule has 0 saturated carbocycles. The maximum absolute atomic E-state index is 11.5. The summed E-state index contributed by atoms with van der Waals surface area (Å²) in [5, 5.41) is 3.63. The zero-order chi connectivity index (χ0) is 13.3. The average molecular weight is 262 g/mol. The SMILES string of the molecule is CCCNC(C)(CC(C)SCCOC)C(N)=O. The number of carbonyl (C=O) groups is 1. The highest BCUT2D eigenvalue weighted by Crippen LogP contribution is 2.21. The fourth-order valence-electron chi connectivity index (χ4n) is 1.63. The molecule has 0 radical (unpaired) electrons. The molecule has 0 aromatic heterocycles. The van der Waals surface area contributed by atoms with Crippen molar-refractivity contribution in [2.45, 2.75) is 44.4 Å². The number of rotatable bonds is 10. The predicted molar refractivity (Wildman–Crippen MR) is 74.3 cm³/mol. The van der Waals surface area contributed by atoms with E-state index in [1.807, 2.05) is 6.92 Å². The van der Waals surface area contributed by atoms with E-state index < -0.39 is 5.54 Å². The summed E-state index contributed by atoms with van der Waals surface area (Å²) in [6.07, 6.45) is 1.74. The van der Waals surface area contributed by atoms with Crippen LogP contribution in [0.2, 0.25) is 0 Å². The lowest BCUT2D eigenvalue weighted by atomic mass is 9.95. The third kappa shape index (κ3) is 6.91. The molecule has 0 spiro atoms. The van der Waals surface area contributed by atoms with Gasteiger partial charge in [-0.3, -0.25) is 4.79 Å². The van der Waals surface area contributed by atoms with Gasteiger partial charge in [0, 0.05) is 18.1 Å². The number of hydrogen-bond acceptors (Lipinski definition) is 4. The molecule has 0 aliphatic heterocycles. The van der Waals surface area contributed by atoms with Gasteiger partial charge in [0.15, 0.2) is 0 Å². The fraction of sp³-hybridized carbons (Fsp3) is 0.917. The van der Waals surface area contributed by atoms with E-state index in [4.69, 9.17) is 10.5 Å². The molecule has 2 unspecified atom stereocenters. The molecule has 0 fully saturated rings. The first-order valence-electron chi connectivity index (χ1n) is 6.11. The summed E-state index contributed by atoms with van der Waals surface area (Å²) < 4.78 is 5.01. The van der Waals surface area contributed by atoms with Crippen molar-refractivity contribution in [1.82, 2.24) is 5.32 Å². The van der Waals surface area contributed by atoms with Gasteiger partial charge in [-0.05, 0) is 26.3 Å². The van der Waals surface area contributed by atoms with Crippen LogP contribution in [-0.4, -0.2) is 42.7 Å². The lowest BCUT2D eigenvalue weighted by Gasteiger charge is -2.30. The van der Waals surface area contributed by atoms with Crippen molar-refractivity contribution in [2.75, 3.05) is 26.0 Å². The minimum absolute atomic E-state index is 0.273. The lowest BCUT2D eigenvalue weighted by molar-refractivity contribution is -0.124. The van der Waals surface area contributed by atoms with Gasteiger partial charge in [0.2, 0.25) is 5.91 Å². The summed E-state index contributed by atoms with van der Waals surface area (Å²) in [6.45, 7) is 7.64. The molecule has 0 aliphatic carbocycles. The third-order valence-corrected chi connectivity index (χ3v) is 3.83. The van der Waals surface area contributed by atoms with Crippen molar-refractivity contribution in [1.29, 1.82) is 0 Å². The molecule has 5 heteroatoms. The number of primary amides is 1. The van der Waals surface area contributed by atoms with Gasteiger partial charge in [-0.15, -0.1) is 0 Å². The van der Waals surface area contributed by atoms with Crippen molar-refractivity contribution < 1.29 is 9.53 Å². The summed E-state index contributed by atoms with van der Waals surface area (Å²) in [4.78, 5) is 11.5. The Hall–Kier alpha value is -0.260. The van der Waals surface area contributed by atoms with Gasteiger partial charge in [-0.1, -0.05) is 13.8 Å². The fourth-order valence-corrected chi connectivity index (χ4v) is 2.74. The van der Waals surface area contributed by atoms with E-state index in [9.17, 15) is 4.79 Å². The Morgan fingerprint density at radius 2 is 2.24 bits per heavy atom. The van der Waals surface area contributed by atoms with Crippen molar-refractivity contribution in [3.8, 4) is 0 Å². The number of hydrogen-bond donors (Lipinski definition) is 2. The minimum Gasteiger partial charge on any atom is -0.384 e. The van der Waals surface area contributed by atoms with Crippen LogP contribution >= 0.6 is 11.8 Å². The van der Waals surface area contributed by atoms with Gasteiger partial charge < -0.3 is 15.8 Å². The van der Waals surface area contributed by atoms with Crippen LogP contribution < -0.4 is 11.1 Å². The number of thioether (sulfide) groups is 1. The van der Waals surface area contributed by atoms with E-state index in [1.165, 1.54) is 0 Å². The molecular formula is C12H26N2O2S. The highest BCUT2D eigenvalue weighted by atomic mass is 32.2. The van der Waals surface area contributed by atoms with Crippen LogP contribution in [0.3, 0.4) is 0 Å². The van der Waals surface area contributed by atoms with Gasteiger partial charge >= 0.3 is 0 Å². The van der Waals surface area contributed by atoms with E-state index in [2.05, 4.69) is 19.2 Å². The largest absolute Gasteiger partial charge is 0.384 e. The maximum atomic E-state index is 11.5. The highest BCUT2D eigenvalue weighted by Gasteiger charge is 2.31. The lowest BCUT2D eigenvalue weighted by Crippen LogP contribution is -2.54. The maximum Gasteiger partial charge on any atom is 0.237 e. The van der Waals surface area contributed by atoms with Gasteiger partial charge in [-0.2, -0.15) is 11.8 Å². The first-order valence-corrected chi connectivity index (χ1v) is 7.16. The summed E-state index contributed by atoms with van der Waals surface area (Å²) in [6, 6.07) is 0. The summed E-state index contributed by atoms with van der Waals surface area (Å²) in [5.74, 6) is 0.672. The molecule has 4 nitrogen and oxygen atoms in total. The molecule has 0 aromatic rings. The molecule has 0 saturated heterocycles. The first-order chi connectivity index (χ1) is 7.96. The second-order valence-corrected chi connectivity index (χ2v) is 6.05. The monoisotopic (exact) mass is 262 g/mol. The molecule has 2 atom stereocenters. The van der Waals surface area contributed by atoms with Crippen LogP contribution in [0.25, 0.3) is 0 Å². The van der Waals surface area contributed by atoms with E-state index in [-0.39, 0.29) is 5.91 Å². The number of ether oxygens (including phenoxy) is 1. The predicted octanol–water partition coefficient (Wildman–Crippen LogP) is 1.39. The second kappa shape index (κ2) is 8.78. The molecule has 0 aliphatic rings. The number of methoxy groups -OCH3 is 1. The standard InChI is InChI=1S/C12H26N2O2S/c1-5-6-14-12(3,11(13)15)9-10(2)17-8-7-16-4/h10,14H,5-9H2,1-4H3,(H2,13,15). The highest BCUT2D eigenvalue weighted by molar-refractivity contribution is 7.99. The third-order valence-electron chi connectivity index (χ3n) is 2.69. The molecule has 102 valence electrons. The van der Waals surface area contributed by atoms with Crippen LogP contribution in [0.1, 0.15) is 33.6 Å². The van der Waals surface area contributed by atoms with E-state index in [0.29, 0.717) is 5.25 Å². The van der Waals surface area contributed by atoms with Crippen molar-refractivity contribution in [2.24, 2.45) is 5.73 Å². The Labute approximate surface area is 109 Å².